The lowest BCUT2D eigenvalue weighted by atomic mass is 10.1. The molecular formula is C22H32N2O+2. The normalized spacial score (nSPS) is 20.4. The molecule has 134 valence electrons. The molecule has 0 saturated carbocycles. The van der Waals surface area contributed by atoms with Crippen molar-refractivity contribution >= 4 is 0 Å². The predicted molar refractivity (Wildman–Crippen MR) is 103 cm³/mol. The van der Waals surface area contributed by atoms with Crippen molar-refractivity contribution in [3.8, 4) is 16.9 Å². The van der Waals surface area contributed by atoms with Crippen molar-refractivity contribution in [1.29, 1.82) is 0 Å². The van der Waals surface area contributed by atoms with Crippen molar-refractivity contribution in [2.75, 3.05) is 45.9 Å². The summed E-state index contributed by atoms with van der Waals surface area (Å²) in [4.78, 5) is 3.55. The summed E-state index contributed by atoms with van der Waals surface area (Å²) in [6.07, 6.45) is 2.41. The molecule has 25 heavy (non-hydrogen) atoms. The fraction of sp³-hybridized carbons (Fsp3) is 0.455. The van der Waals surface area contributed by atoms with E-state index in [2.05, 4.69) is 55.5 Å². The van der Waals surface area contributed by atoms with Gasteiger partial charge in [0.2, 0.25) is 0 Å². The van der Waals surface area contributed by atoms with Crippen LogP contribution in [0.3, 0.4) is 0 Å². The van der Waals surface area contributed by atoms with Crippen molar-refractivity contribution in [2.24, 2.45) is 0 Å². The topological polar surface area (TPSA) is 18.1 Å². The van der Waals surface area contributed by atoms with Gasteiger partial charge in [0, 0.05) is 0 Å². The first-order chi connectivity index (χ1) is 12.3. The van der Waals surface area contributed by atoms with E-state index in [1.54, 1.807) is 9.80 Å². The molecule has 0 radical (unpaired) electrons. The van der Waals surface area contributed by atoms with Crippen LogP contribution in [0.25, 0.3) is 11.1 Å². The number of ether oxygens (including phenoxy) is 1. The van der Waals surface area contributed by atoms with E-state index in [1.165, 1.54) is 56.8 Å². The smallest absolute Gasteiger partial charge is 0.127 e. The largest absolute Gasteiger partial charge is 0.494 e. The van der Waals surface area contributed by atoms with Gasteiger partial charge in [0.05, 0.1) is 19.7 Å². The molecule has 1 fully saturated rings. The zero-order chi connectivity index (χ0) is 17.3. The van der Waals surface area contributed by atoms with E-state index in [1.807, 2.05) is 6.07 Å². The van der Waals surface area contributed by atoms with Gasteiger partial charge in [0.25, 0.3) is 0 Å². The van der Waals surface area contributed by atoms with E-state index < -0.39 is 0 Å². The van der Waals surface area contributed by atoms with Crippen LogP contribution in [0, 0.1) is 0 Å². The molecular weight excluding hydrogens is 308 g/mol. The standard InChI is InChI=1S/C22H30N2O/c1-2-23-15-17-24(18-16-23)14-6-7-19-25-22-12-10-21(11-13-22)20-8-4-3-5-9-20/h3-5,8-13H,2,6-7,14-19H2,1H3/p+2. The van der Waals surface area contributed by atoms with Crippen LogP contribution >= 0.6 is 0 Å². The number of piperazine rings is 1. The molecule has 0 unspecified atom stereocenters. The maximum atomic E-state index is 5.91. The zero-order valence-corrected chi connectivity index (χ0v) is 15.5. The first-order valence-corrected chi connectivity index (χ1v) is 9.80. The van der Waals surface area contributed by atoms with Gasteiger partial charge < -0.3 is 14.5 Å². The van der Waals surface area contributed by atoms with Crippen LogP contribution in [-0.2, 0) is 0 Å². The third kappa shape index (κ3) is 5.58. The number of unbranched alkanes of at least 4 members (excludes halogenated alkanes) is 1. The van der Waals surface area contributed by atoms with Crippen LogP contribution in [0.2, 0.25) is 0 Å². The van der Waals surface area contributed by atoms with Gasteiger partial charge in [0.1, 0.15) is 31.9 Å². The Labute approximate surface area is 152 Å². The second kappa shape index (κ2) is 9.59. The van der Waals surface area contributed by atoms with E-state index >= 15 is 0 Å². The van der Waals surface area contributed by atoms with Gasteiger partial charge in [-0.3, -0.25) is 0 Å². The Morgan fingerprint density at radius 2 is 1.40 bits per heavy atom. The third-order valence-corrected chi connectivity index (χ3v) is 5.32. The molecule has 0 aliphatic carbocycles. The van der Waals surface area contributed by atoms with Crippen LogP contribution in [0.15, 0.2) is 54.6 Å². The second-order valence-electron chi connectivity index (χ2n) is 7.05. The molecule has 3 nitrogen and oxygen atoms in total. The molecule has 3 heteroatoms. The maximum absolute atomic E-state index is 5.91. The highest BCUT2D eigenvalue weighted by Gasteiger charge is 2.20. The molecule has 2 aromatic rings. The minimum atomic E-state index is 0.824. The molecule has 0 aromatic heterocycles. The van der Waals surface area contributed by atoms with E-state index in [0.717, 1.165) is 18.8 Å². The molecule has 0 spiro atoms. The highest BCUT2D eigenvalue weighted by atomic mass is 16.5. The van der Waals surface area contributed by atoms with Crippen LogP contribution in [0.5, 0.6) is 5.75 Å². The second-order valence-corrected chi connectivity index (χ2v) is 7.05. The van der Waals surface area contributed by atoms with Gasteiger partial charge in [-0.2, -0.15) is 0 Å². The third-order valence-electron chi connectivity index (χ3n) is 5.32. The number of hydrogen-bond acceptors (Lipinski definition) is 1. The van der Waals surface area contributed by atoms with Crippen molar-refractivity contribution in [3.63, 3.8) is 0 Å². The number of nitrogens with one attached hydrogen (secondary N) is 2. The summed E-state index contributed by atoms with van der Waals surface area (Å²) < 4.78 is 5.91. The number of rotatable bonds is 8. The van der Waals surface area contributed by atoms with Crippen molar-refractivity contribution in [3.05, 3.63) is 54.6 Å². The van der Waals surface area contributed by atoms with Crippen LogP contribution < -0.4 is 14.5 Å². The lowest BCUT2D eigenvalue weighted by molar-refractivity contribution is -1.01. The summed E-state index contributed by atoms with van der Waals surface area (Å²) in [6.45, 7) is 11.1. The van der Waals surface area contributed by atoms with Gasteiger partial charge >= 0.3 is 0 Å². The summed E-state index contributed by atoms with van der Waals surface area (Å²) in [5.41, 5.74) is 2.49. The molecule has 0 atom stereocenters. The zero-order valence-electron chi connectivity index (χ0n) is 15.5. The quantitative estimate of drug-likeness (QED) is 0.694. The number of benzene rings is 2. The molecule has 2 N–H and O–H groups in total. The monoisotopic (exact) mass is 340 g/mol. The average molecular weight is 341 g/mol. The Balaban J connectivity index is 1.33. The molecule has 1 saturated heterocycles. The van der Waals surface area contributed by atoms with Gasteiger partial charge in [-0.25, -0.2) is 0 Å². The Hall–Kier alpha value is -1.84. The van der Waals surface area contributed by atoms with E-state index in [0.29, 0.717) is 0 Å². The minimum absolute atomic E-state index is 0.824. The fourth-order valence-electron chi connectivity index (χ4n) is 3.60. The molecule has 1 heterocycles. The Morgan fingerprint density at radius 3 is 2.08 bits per heavy atom. The summed E-state index contributed by atoms with van der Waals surface area (Å²) >= 11 is 0. The number of likely N-dealkylation sites (N-methyl/N-ethyl adjacent to an activating group) is 1. The summed E-state index contributed by atoms with van der Waals surface area (Å²) in [5.74, 6) is 0.979. The van der Waals surface area contributed by atoms with E-state index in [9.17, 15) is 0 Å². The number of hydrogen-bond donors (Lipinski definition) is 2. The molecule has 0 bridgehead atoms. The average Bonchev–Trinajstić information content (AvgIpc) is 2.69. The maximum Gasteiger partial charge on any atom is 0.127 e. The van der Waals surface area contributed by atoms with Gasteiger partial charge in [0.15, 0.2) is 0 Å². The lowest BCUT2D eigenvalue weighted by Gasteiger charge is -2.28. The fourth-order valence-corrected chi connectivity index (χ4v) is 3.60. The first kappa shape index (κ1) is 18.0. The Bertz CT molecular complexity index is 604. The molecule has 0 amide bonds. The van der Waals surface area contributed by atoms with Crippen LogP contribution in [0.4, 0.5) is 0 Å². The van der Waals surface area contributed by atoms with Crippen molar-refractivity contribution in [1.82, 2.24) is 0 Å². The SMILES string of the molecule is CC[NH+]1CC[NH+](CCCCOc2ccc(-c3ccccc3)cc2)CC1. The summed E-state index contributed by atoms with van der Waals surface area (Å²) in [6, 6.07) is 18.9. The Kier molecular flexibility index (Phi) is 6.89. The highest BCUT2D eigenvalue weighted by Crippen LogP contribution is 2.22. The molecule has 1 aliphatic rings. The van der Waals surface area contributed by atoms with E-state index in [4.69, 9.17) is 4.74 Å². The summed E-state index contributed by atoms with van der Waals surface area (Å²) in [5, 5.41) is 0. The molecule has 3 rings (SSSR count). The lowest BCUT2D eigenvalue weighted by Crippen LogP contribution is -3.28. The van der Waals surface area contributed by atoms with Crippen LogP contribution in [-0.4, -0.2) is 45.9 Å². The van der Waals surface area contributed by atoms with Crippen molar-refractivity contribution < 1.29 is 14.5 Å². The minimum Gasteiger partial charge on any atom is -0.494 e. The number of quaternary nitrogens is 2. The van der Waals surface area contributed by atoms with E-state index in [-0.39, 0.29) is 0 Å². The highest BCUT2D eigenvalue weighted by molar-refractivity contribution is 5.63. The predicted octanol–water partition coefficient (Wildman–Crippen LogP) is 1.32. The molecule has 2 aromatic carbocycles. The van der Waals surface area contributed by atoms with Gasteiger partial charge in [-0.1, -0.05) is 42.5 Å². The van der Waals surface area contributed by atoms with Gasteiger partial charge in [-0.15, -0.1) is 0 Å². The van der Waals surface area contributed by atoms with Crippen molar-refractivity contribution in [2.45, 2.75) is 19.8 Å². The van der Waals surface area contributed by atoms with Crippen LogP contribution in [0.1, 0.15) is 19.8 Å². The van der Waals surface area contributed by atoms with Gasteiger partial charge in [-0.05, 0) is 43.0 Å². The summed E-state index contributed by atoms with van der Waals surface area (Å²) in [7, 11) is 0. The first-order valence-electron chi connectivity index (χ1n) is 9.80. The molecule has 1 aliphatic heterocycles. The Morgan fingerprint density at radius 1 is 0.760 bits per heavy atom.